The molecule has 1 aromatic carbocycles. The van der Waals surface area contributed by atoms with Crippen molar-refractivity contribution in [3.05, 3.63) is 45.2 Å². The molecule has 20 heavy (non-hydrogen) atoms. The zero-order chi connectivity index (χ0) is 14.7. The van der Waals surface area contributed by atoms with Crippen LogP contribution in [0.25, 0.3) is 0 Å². The van der Waals surface area contributed by atoms with Crippen LogP contribution in [0.3, 0.4) is 0 Å². The first-order valence-electron chi connectivity index (χ1n) is 6.14. The number of aryl methyl sites for hydroxylation is 2. The molecular weight excluding hydrogens is 299 g/mol. The topological polar surface area (TPSA) is 44.1 Å². The minimum absolute atomic E-state index is 0.266. The standard InChI is InChI=1S/C14H14Cl2N2O2/c1-3-11-14(16)12(18(2)17-11)8-20-13-5-4-9(7-19)6-10(13)15/h4-7H,3,8H2,1-2H3. The molecule has 1 heterocycles. The van der Waals surface area contributed by atoms with E-state index < -0.39 is 0 Å². The maximum absolute atomic E-state index is 10.6. The van der Waals surface area contributed by atoms with Gasteiger partial charge in [-0.2, -0.15) is 5.10 Å². The number of carbonyl (C=O) groups excluding carboxylic acids is 1. The summed E-state index contributed by atoms with van der Waals surface area (Å²) in [6.07, 6.45) is 1.50. The molecule has 106 valence electrons. The van der Waals surface area contributed by atoms with Gasteiger partial charge in [0.2, 0.25) is 0 Å². The highest BCUT2D eigenvalue weighted by Crippen LogP contribution is 2.27. The van der Waals surface area contributed by atoms with E-state index in [4.69, 9.17) is 27.9 Å². The summed E-state index contributed by atoms with van der Waals surface area (Å²) in [5.41, 5.74) is 2.14. The zero-order valence-electron chi connectivity index (χ0n) is 11.2. The van der Waals surface area contributed by atoms with Gasteiger partial charge in [-0.05, 0) is 24.6 Å². The maximum atomic E-state index is 10.6. The van der Waals surface area contributed by atoms with Gasteiger partial charge >= 0.3 is 0 Å². The van der Waals surface area contributed by atoms with Crippen LogP contribution in [0.4, 0.5) is 0 Å². The minimum atomic E-state index is 0.266. The van der Waals surface area contributed by atoms with Crippen molar-refractivity contribution in [2.75, 3.05) is 0 Å². The minimum Gasteiger partial charge on any atom is -0.486 e. The second kappa shape index (κ2) is 6.29. The number of hydrogen-bond donors (Lipinski definition) is 0. The molecule has 0 bridgehead atoms. The van der Waals surface area contributed by atoms with Crippen LogP contribution in [-0.2, 0) is 20.1 Å². The van der Waals surface area contributed by atoms with Crippen LogP contribution >= 0.6 is 23.2 Å². The SMILES string of the molecule is CCc1nn(C)c(COc2ccc(C=O)cc2Cl)c1Cl. The number of benzene rings is 1. The molecular formula is C14H14Cl2N2O2. The quantitative estimate of drug-likeness (QED) is 0.791. The smallest absolute Gasteiger partial charge is 0.150 e. The Balaban J connectivity index is 2.17. The summed E-state index contributed by atoms with van der Waals surface area (Å²) in [6.45, 7) is 2.26. The number of aromatic nitrogens is 2. The van der Waals surface area contributed by atoms with Crippen LogP contribution in [0.2, 0.25) is 10.0 Å². The highest BCUT2D eigenvalue weighted by atomic mass is 35.5. The number of rotatable bonds is 5. The molecule has 0 amide bonds. The fraction of sp³-hybridized carbons (Fsp3) is 0.286. The predicted molar refractivity (Wildman–Crippen MR) is 78.8 cm³/mol. The Kier molecular flexibility index (Phi) is 4.68. The van der Waals surface area contributed by atoms with Crippen molar-refractivity contribution in [1.29, 1.82) is 0 Å². The van der Waals surface area contributed by atoms with Crippen molar-refractivity contribution in [3.63, 3.8) is 0 Å². The fourth-order valence-corrected chi connectivity index (χ4v) is 2.42. The number of carbonyl (C=O) groups is 1. The van der Waals surface area contributed by atoms with Gasteiger partial charge in [-0.3, -0.25) is 9.48 Å². The second-order valence-electron chi connectivity index (χ2n) is 4.28. The van der Waals surface area contributed by atoms with Crippen molar-refractivity contribution >= 4 is 29.5 Å². The average molecular weight is 313 g/mol. The van der Waals surface area contributed by atoms with E-state index in [9.17, 15) is 4.79 Å². The number of hydrogen-bond acceptors (Lipinski definition) is 3. The predicted octanol–water partition coefficient (Wildman–Crippen LogP) is 3.68. The number of ether oxygens (including phenoxy) is 1. The van der Waals surface area contributed by atoms with Crippen molar-refractivity contribution in [3.8, 4) is 5.75 Å². The summed E-state index contributed by atoms with van der Waals surface area (Å²) in [7, 11) is 1.82. The Labute approximate surface area is 127 Å². The molecule has 6 heteroatoms. The maximum Gasteiger partial charge on any atom is 0.150 e. The summed E-state index contributed by atoms with van der Waals surface area (Å²) in [4.78, 5) is 10.6. The molecule has 0 radical (unpaired) electrons. The van der Waals surface area contributed by atoms with E-state index in [1.54, 1.807) is 22.9 Å². The van der Waals surface area contributed by atoms with Crippen molar-refractivity contribution < 1.29 is 9.53 Å². The third-order valence-electron chi connectivity index (χ3n) is 2.96. The summed E-state index contributed by atoms with van der Waals surface area (Å²) in [5.74, 6) is 0.507. The van der Waals surface area contributed by atoms with Crippen molar-refractivity contribution in [2.45, 2.75) is 20.0 Å². The lowest BCUT2D eigenvalue weighted by Gasteiger charge is -2.09. The molecule has 1 aromatic heterocycles. The Bertz CT molecular complexity index is 638. The Morgan fingerprint density at radius 3 is 2.70 bits per heavy atom. The fourth-order valence-electron chi connectivity index (χ4n) is 1.83. The molecule has 4 nitrogen and oxygen atoms in total. The van der Waals surface area contributed by atoms with Crippen LogP contribution in [-0.4, -0.2) is 16.1 Å². The molecule has 0 unspecified atom stereocenters. The molecule has 2 rings (SSSR count). The lowest BCUT2D eigenvalue weighted by molar-refractivity contribution is 0.112. The highest BCUT2D eigenvalue weighted by molar-refractivity contribution is 6.32. The van der Waals surface area contributed by atoms with Gasteiger partial charge in [-0.15, -0.1) is 0 Å². The van der Waals surface area contributed by atoms with Gasteiger partial charge in [0.1, 0.15) is 18.6 Å². The van der Waals surface area contributed by atoms with Gasteiger partial charge < -0.3 is 4.74 Å². The number of aldehydes is 1. The number of nitrogens with zero attached hydrogens (tertiary/aromatic N) is 2. The molecule has 0 spiro atoms. The first-order valence-corrected chi connectivity index (χ1v) is 6.90. The van der Waals surface area contributed by atoms with E-state index in [2.05, 4.69) is 5.10 Å². The summed E-state index contributed by atoms with van der Waals surface area (Å²) >= 11 is 12.3. The third-order valence-corrected chi connectivity index (χ3v) is 3.69. The molecule has 0 saturated heterocycles. The lowest BCUT2D eigenvalue weighted by Crippen LogP contribution is -2.04. The Hall–Kier alpha value is -1.52. The molecule has 0 aliphatic heterocycles. The second-order valence-corrected chi connectivity index (χ2v) is 5.07. The largest absolute Gasteiger partial charge is 0.486 e. The first-order chi connectivity index (χ1) is 9.56. The molecule has 0 N–H and O–H groups in total. The normalized spacial score (nSPS) is 10.6. The van der Waals surface area contributed by atoms with Crippen LogP contribution in [0.1, 0.15) is 28.7 Å². The van der Waals surface area contributed by atoms with Crippen LogP contribution in [0.5, 0.6) is 5.75 Å². The molecule has 0 fully saturated rings. The van der Waals surface area contributed by atoms with Crippen LogP contribution in [0.15, 0.2) is 18.2 Å². The summed E-state index contributed by atoms with van der Waals surface area (Å²) < 4.78 is 7.35. The zero-order valence-corrected chi connectivity index (χ0v) is 12.7. The third kappa shape index (κ3) is 2.97. The molecule has 0 saturated carbocycles. The summed E-state index contributed by atoms with van der Waals surface area (Å²) in [5, 5.41) is 5.33. The van der Waals surface area contributed by atoms with E-state index in [-0.39, 0.29) is 6.61 Å². The lowest BCUT2D eigenvalue weighted by atomic mass is 10.2. The first kappa shape index (κ1) is 14.9. The number of halogens is 2. The van der Waals surface area contributed by atoms with Crippen molar-refractivity contribution in [1.82, 2.24) is 9.78 Å². The van der Waals surface area contributed by atoms with Crippen LogP contribution in [0, 0.1) is 0 Å². The summed E-state index contributed by atoms with van der Waals surface area (Å²) in [6, 6.07) is 4.87. The molecule has 2 aromatic rings. The van der Waals surface area contributed by atoms with Crippen LogP contribution < -0.4 is 4.74 Å². The van der Waals surface area contributed by atoms with Gasteiger partial charge in [0, 0.05) is 12.6 Å². The van der Waals surface area contributed by atoms with Gasteiger partial charge in [0.05, 0.1) is 21.4 Å². The Morgan fingerprint density at radius 1 is 1.40 bits per heavy atom. The molecule has 0 aliphatic rings. The van der Waals surface area contributed by atoms with E-state index in [1.807, 2.05) is 14.0 Å². The van der Waals surface area contributed by atoms with Crippen molar-refractivity contribution in [2.24, 2.45) is 7.05 Å². The monoisotopic (exact) mass is 312 g/mol. The van der Waals surface area contributed by atoms with Gasteiger partial charge in [-0.1, -0.05) is 30.1 Å². The van der Waals surface area contributed by atoms with Gasteiger partial charge in [-0.25, -0.2) is 0 Å². The molecule has 0 aliphatic carbocycles. The average Bonchev–Trinajstić information content (AvgIpc) is 2.72. The van der Waals surface area contributed by atoms with Gasteiger partial charge in [0.15, 0.2) is 0 Å². The highest BCUT2D eigenvalue weighted by Gasteiger charge is 2.14. The van der Waals surface area contributed by atoms with Gasteiger partial charge in [0.25, 0.3) is 0 Å². The van der Waals surface area contributed by atoms with E-state index >= 15 is 0 Å². The van der Waals surface area contributed by atoms with E-state index in [0.717, 1.165) is 24.1 Å². The van der Waals surface area contributed by atoms with E-state index in [0.29, 0.717) is 21.4 Å². The Morgan fingerprint density at radius 2 is 2.15 bits per heavy atom. The van der Waals surface area contributed by atoms with E-state index in [1.165, 1.54) is 0 Å². The molecule has 0 atom stereocenters.